The van der Waals surface area contributed by atoms with E-state index < -0.39 is 13.7 Å². The van der Waals surface area contributed by atoms with Crippen LogP contribution in [0.25, 0.3) is 0 Å². The molecule has 39 heavy (non-hydrogen) atoms. The number of hydrogen-bond donors (Lipinski definition) is 1. The number of esters is 2. The Morgan fingerprint density at radius 1 is 1.05 bits per heavy atom. The lowest BCUT2D eigenvalue weighted by Crippen LogP contribution is -2.50. The van der Waals surface area contributed by atoms with Crippen LogP contribution in [0.5, 0.6) is 0 Å². The van der Waals surface area contributed by atoms with Gasteiger partial charge in [-0.1, -0.05) is 41.0 Å². The fourth-order valence-corrected chi connectivity index (χ4v) is 8.09. The Hall–Kier alpha value is -1.41. The zero-order chi connectivity index (χ0) is 29.3. The van der Waals surface area contributed by atoms with Gasteiger partial charge in [-0.25, -0.2) is 0 Å². The van der Waals surface area contributed by atoms with Crippen molar-refractivity contribution >= 4 is 26.2 Å². The van der Waals surface area contributed by atoms with Crippen LogP contribution in [0.4, 0.5) is 0 Å². The highest BCUT2D eigenvalue weighted by Crippen LogP contribution is 2.51. The van der Waals surface area contributed by atoms with Gasteiger partial charge in [0, 0.05) is 18.3 Å². The Bertz CT molecular complexity index is 896. The van der Waals surface area contributed by atoms with Gasteiger partial charge in [0.05, 0.1) is 17.9 Å². The molecule has 3 rings (SSSR count). The lowest BCUT2D eigenvalue weighted by Gasteiger charge is -2.50. The number of cyclic esters (lactones) is 1. The molecule has 1 aliphatic heterocycles. The number of hydrogen-bond acceptors (Lipinski definition) is 6. The average molecular weight is 566 g/mol. The molecule has 0 aromatic carbocycles. The minimum absolute atomic E-state index is 0.0823. The van der Waals surface area contributed by atoms with Crippen LogP contribution < -0.4 is 5.73 Å². The van der Waals surface area contributed by atoms with E-state index in [1.807, 2.05) is 20.8 Å². The summed E-state index contributed by atoms with van der Waals surface area (Å²) in [5.74, 6) is 0.401. The zero-order valence-electron chi connectivity index (χ0n) is 26.0. The second-order valence-electron chi connectivity index (χ2n) is 14.9. The smallest absolute Gasteiger partial charge is 0.311 e. The molecule has 1 saturated heterocycles. The van der Waals surface area contributed by atoms with E-state index in [-0.39, 0.29) is 53.0 Å². The van der Waals surface area contributed by atoms with Crippen molar-refractivity contribution in [2.24, 2.45) is 40.7 Å². The third-order valence-electron chi connectivity index (χ3n) is 10.7. The second-order valence-corrected chi connectivity index (χ2v) is 19.7. The molecule has 0 radical (unpaired) electrons. The lowest BCUT2D eigenvalue weighted by atomic mass is 9.57. The maximum absolute atomic E-state index is 13.2. The highest BCUT2D eigenvalue weighted by atomic mass is 28.4. The normalized spacial score (nSPS) is 34.1. The average Bonchev–Trinajstić information content (AvgIpc) is 2.81. The van der Waals surface area contributed by atoms with Crippen LogP contribution in [0.3, 0.4) is 0 Å². The Morgan fingerprint density at radius 2 is 1.72 bits per heavy atom. The number of primary amides is 1. The third-order valence-corrected chi connectivity index (χ3v) is 15.2. The predicted molar refractivity (Wildman–Crippen MR) is 155 cm³/mol. The van der Waals surface area contributed by atoms with E-state index in [1.165, 1.54) is 0 Å². The van der Waals surface area contributed by atoms with Gasteiger partial charge < -0.3 is 19.6 Å². The van der Waals surface area contributed by atoms with E-state index in [2.05, 4.69) is 40.8 Å². The van der Waals surface area contributed by atoms with Gasteiger partial charge in [-0.15, -0.1) is 0 Å². The van der Waals surface area contributed by atoms with Crippen LogP contribution in [-0.4, -0.2) is 44.5 Å². The van der Waals surface area contributed by atoms with Gasteiger partial charge in [0.1, 0.15) is 12.2 Å². The molecule has 2 aliphatic carbocycles. The molecule has 0 aromatic heterocycles. The van der Waals surface area contributed by atoms with Gasteiger partial charge in [-0.05, 0) is 88.3 Å². The van der Waals surface area contributed by atoms with E-state index >= 15 is 0 Å². The maximum Gasteiger partial charge on any atom is 0.311 e. The first kappa shape index (κ1) is 32.1. The molecule has 8 atom stereocenters. The van der Waals surface area contributed by atoms with Gasteiger partial charge in [0.25, 0.3) is 0 Å². The summed E-state index contributed by atoms with van der Waals surface area (Å²) in [5, 5.41) is 0.0823. The summed E-state index contributed by atoms with van der Waals surface area (Å²) in [4.78, 5) is 38.0. The number of rotatable bonds is 9. The first-order valence-electron chi connectivity index (χ1n) is 15.3. The van der Waals surface area contributed by atoms with E-state index in [9.17, 15) is 14.4 Å². The third kappa shape index (κ3) is 7.66. The number of fused-ring (bicyclic) bond motifs is 1. The van der Waals surface area contributed by atoms with Crippen LogP contribution in [0, 0.1) is 35.0 Å². The molecular formula is C31H55NO6Si. The lowest BCUT2D eigenvalue weighted by molar-refractivity contribution is -0.175. The van der Waals surface area contributed by atoms with Crippen molar-refractivity contribution in [2.75, 3.05) is 0 Å². The summed E-state index contributed by atoms with van der Waals surface area (Å²) in [6, 6.07) is 0. The topological polar surface area (TPSA) is 105 Å². The molecule has 0 spiro atoms. The Morgan fingerprint density at radius 3 is 2.31 bits per heavy atom. The molecule has 2 saturated carbocycles. The molecule has 0 aromatic rings. The summed E-state index contributed by atoms with van der Waals surface area (Å²) < 4.78 is 18.7. The minimum atomic E-state index is -1.99. The standard InChI is InChI=1S/C31H55NO6Si/c1-10-31(6,7)29(35)37-25-16-21(28(32)34)15-20-12-11-19(2)24(27(20)25)14-13-22-17-23(18-26(33)36-22)38-39(8,9)30(3,4)5/h19-25,27H,10-18H2,1-9H3,(H2,32,34)/t19-,20-,21-,22+,23+,24-,25-,27-/m0/s1. The van der Waals surface area contributed by atoms with Gasteiger partial charge >= 0.3 is 11.9 Å². The van der Waals surface area contributed by atoms with Crippen molar-refractivity contribution in [3.8, 4) is 0 Å². The van der Waals surface area contributed by atoms with E-state index in [1.54, 1.807) is 0 Å². The largest absolute Gasteiger partial charge is 0.462 e. The first-order chi connectivity index (χ1) is 17.9. The van der Waals surface area contributed by atoms with Crippen molar-refractivity contribution in [3.05, 3.63) is 0 Å². The summed E-state index contributed by atoms with van der Waals surface area (Å²) in [7, 11) is -1.99. The molecule has 224 valence electrons. The summed E-state index contributed by atoms with van der Waals surface area (Å²) >= 11 is 0. The molecule has 3 fully saturated rings. The van der Waals surface area contributed by atoms with Crippen LogP contribution in [0.2, 0.25) is 18.1 Å². The van der Waals surface area contributed by atoms with Crippen LogP contribution in [0.15, 0.2) is 0 Å². The molecule has 1 heterocycles. The number of nitrogens with two attached hydrogens (primary N) is 1. The molecular weight excluding hydrogens is 510 g/mol. The van der Waals surface area contributed by atoms with E-state index in [0.717, 1.165) is 38.5 Å². The number of amides is 1. The van der Waals surface area contributed by atoms with Crippen LogP contribution in [0.1, 0.15) is 106 Å². The number of ether oxygens (including phenoxy) is 2. The van der Waals surface area contributed by atoms with E-state index in [4.69, 9.17) is 19.6 Å². The summed E-state index contributed by atoms with van der Waals surface area (Å²) in [6.45, 7) is 19.3. The summed E-state index contributed by atoms with van der Waals surface area (Å²) in [6.07, 6.45) is 6.27. The van der Waals surface area contributed by atoms with Gasteiger partial charge in [0.2, 0.25) is 5.91 Å². The van der Waals surface area contributed by atoms with Crippen molar-refractivity contribution in [3.63, 3.8) is 0 Å². The molecule has 8 heteroatoms. The summed E-state index contributed by atoms with van der Waals surface area (Å²) in [5.41, 5.74) is 5.20. The molecule has 0 bridgehead atoms. The Balaban J connectivity index is 1.75. The SMILES string of the molecule is CCC(C)(C)C(=O)O[C@H]1C[C@@H](C(N)=O)C[C@@H]2CC[C@H](C)[C@H](CC[C@@H]3C[C@@H](O[Si](C)(C)C(C)(C)C)CC(=O)O3)[C@H]21. The molecule has 3 aliphatic rings. The van der Waals surface area contributed by atoms with Crippen LogP contribution in [-0.2, 0) is 28.3 Å². The Labute approximate surface area is 237 Å². The zero-order valence-corrected chi connectivity index (χ0v) is 27.0. The highest BCUT2D eigenvalue weighted by molar-refractivity contribution is 6.74. The van der Waals surface area contributed by atoms with E-state index in [0.29, 0.717) is 37.0 Å². The van der Waals surface area contributed by atoms with Gasteiger partial charge in [-0.2, -0.15) is 0 Å². The van der Waals surface area contributed by atoms with Crippen molar-refractivity contribution in [1.29, 1.82) is 0 Å². The maximum atomic E-state index is 13.2. The molecule has 2 N–H and O–H groups in total. The number of carbonyl (C=O) groups excluding carboxylic acids is 3. The van der Waals surface area contributed by atoms with Gasteiger partial charge in [0.15, 0.2) is 8.32 Å². The predicted octanol–water partition coefficient (Wildman–Crippen LogP) is 6.38. The number of carbonyl (C=O) groups is 3. The molecule has 0 unspecified atom stereocenters. The van der Waals surface area contributed by atoms with Gasteiger partial charge in [-0.3, -0.25) is 14.4 Å². The fourth-order valence-electron chi connectivity index (χ4n) is 6.73. The quantitative estimate of drug-likeness (QED) is 0.257. The van der Waals surface area contributed by atoms with Crippen molar-refractivity contribution < 1.29 is 28.3 Å². The minimum Gasteiger partial charge on any atom is -0.462 e. The van der Waals surface area contributed by atoms with Crippen LogP contribution >= 0.6 is 0 Å². The first-order valence-corrected chi connectivity index (χ1v) is 18.2. The van der Waals surface area contributed by atoms with Crippen molar-refractivity contribution in [1.82, 2.24) is 0 Å². The fraction of sp³-hybridized carbons (Fsp3) is 0.903. The highest BCUT2D eigenvalue weighted by Gasteiger charge is 2.50. The molecule has 1 amide bonds. The Kier molecular flexibility index (Phi) is 10.1. The van der Waals surface area contributed by atoms with Crippen molar-refractivity contribution in [2.45, 2.75) is 143 Å². The monoisotopic (exact) mass is 565 g/mol. The molecule has 7 nitrogen and oxygen atoms in total. The second kappa shape index (κ2) is 12.2.